The fourth-order valence-electron chi connectivity index (χ4n) is 1.99. The van der Waals surface area contributed by atoms with Crippen LogP contribution in [-0.4, -0.2) is 13.2 Å². The number of rotatable bonds is 6. The van der Waals surface area contributed by atoms with Crippen molar-refractivity contribution in [3.8, 4) is 0 Å². The first-order chi connectivity index (χ1) is 8.85. The SMILES string of the molecule is CCOP(Cc1cccc2ccccc12)OCC. The summed E-state index contributed by atoms with van der Waals surface area (Å²) in [5.41, 5.74) is 1.31. The normalized spacial score (nSPS) is 11.3. The van der Waals surface area contributed by atoms with Crippen molar-refractivity contribution in [1.29, 1.82) is 0 Å². The van der Waals surface area contributed by atoms with E-state index in [4.69, 9.17) is 9.05 Å². The molecule has 0 spiro atoms. The predicted octanol–water partition coefficient (Wildman–Crippen LogP) is 4.72. The molecule has 0 N–H and O–H groups in total. The van der Waals surface area contributed by atoms with E-state index in [1.807, 2.05) is 13.8 Å². The second-order valence-electron chi connectivity index (χ2n) is 3.96. The van der Waals surface area contributed by atoms with Gasteiger partial charge in [0.2, 0.25) is 0 Å². The van der Waals surface area contributed by atoms with Gasteiger partial charge < -0.3 is 9.05 Å². The third-order valence-corrected chi connectivity index (χ3v) is 4.42. The Morgan fingerprint density at radius 1 is 0.889 bits per heavy atom. The van der Waals surface area contributed by atoms with Crippen LogP contribution in [0.3, 0.4) is 0 Å². The van der Waals surface area contributed by atoms with Gasteiger partial charge in [0, 0.05) is 6.16 Å². The van der Waals surface area contributed by atoms with E-state index < -0.39 is 8.38 Å². The molecule has 96 valence electrons. The second kappa shape index (κ2) is 6.84. The summed E-state index contributed by atoms with van der Waals surface area (Å²) >= 11 is 0. The molecule has 2 rings (SSSR count). The van der Waals surface area contributed by atoms with Gasteiger partial charge in [0.1, 0.15) is 0 Å². The van der Waals surface area contributed by atoms with Crippen LogP contribution < -0.4 is 0 Å². The first kappa shape index (κ1) is 13.5. The molecule has 2 aromatic rings. The molecule has 2 nitrogen and oxygen atoms in total. The summed E-state index contributed by atoms with van der Waals surface area (Å²) in [4.78, 5) is 0. The highest BCUT2D eigenvalue weighted by molar-refractivity contribution is 7.46. The van der Waals surface area contributed by atoms with E-state index in [1.54, 1.807) is 0 Å². The fraction of sp³-hybridized carbons (Fsp3) is 0.333. The van der Waals surface area contributed by atoms with E-state index in [-0.39, 0.29) is 0 Å². The average Bonchev–Trinajstić information content (AvgIpc) is 2.40. The van der Waals surface area contributed by atoms with Crippen LogP contribution in [0.2, 0.25) is 0 Å². The first-order valence-corrected chi connectivity index (χ1v) is 7.71. The summed E-state index contributed by atoms with van der Waals surface area (Å²) in [7, 11) is -0.810. The number of benzene rings is 2. The quantitative estimate of drug-likeness (QED) is 0.701. The van der Waals surface area contributed by atoms with Crippen LogP contribution >= 0.6 is 8.38 Å². The van der Waals surface area contributed by atoms with E-state index >= 15 is 0 Å². The zero-order chi connectivity index (χ0) is 12.8. The van der Waals surface area contributed by atoms with E-state index in [9.17, 15) is 0 Å². The van der Waals surface area contributed by atoms with Gasteiger partial charge >= 0.3 is 0 Å². The number of hydrogen-bond acceptors (Lipinski definition) is 2. The van der Waals surface area contributed by atoms with Gasteiger partial charge in [-0.05, 0) is 30.2 Å². The Bertz CT molecular complexity index is 487. The summed E-state index contributed by atoms with van der Waals surface area (Å²) in [6.07, 6.45) is 0.859. The maximum absolute atomic E-state index is 5.68. The molecule has 0 atom stereocenters. The number of fused-ring (bicyclic) bond motifs is 1. The second-order valence-corrected chi connectivity index (χ2v) is 5.46. The molecular weight excluding hydrogens is 243 g/mol. The maximum atomic E-state index is 5.68. The lowest BCUT2D eigenvalue weighted by Gasteiger charge is -2.16. The predicted molar refractivity (Wildman–Crippen MR) is 77.8 cm³/mol. The monoisotopic (exact) mass is 262 g/mol. The zero-order valence-corrected chi connectivity index (χ0v) is 11.8. The van der Waals surface area contributed by atoms with Crippen molar-refractivity contribution in [2.24, 2.45) is 0 Å². The summed E-state index contributed by atoms with van der Waals surface area (Å²) in [5.74, 6) is 0. The van der Waals surface area contributed by atoms with Gasteiger partial charge in [0.15, 0.2) is 8.38 Å². The Morgan fingerprint density at radius 3 is 2.28 bits per heavy atom. The fourth-order valence-corrected chi connectivity index (χ4v) is 3.37. The minimum absolute atomic E-state index is 0.705. The lowest BCUT2D eigenvalue weighted by Crippen LogP contribution is -1.95. The molecule has 0 bridgehead atoms. The van der Waals surface area contributed by atoms with Crippen LogP contribution in [0.5, 0.6) is 0 Å². The molecule has 0 aliphatic rings. The molecule has 18 heavy (non-hydrogen) atoms. The van der Waals surface area contributed by atoms with Gasteiger partial charge in [0.25, 0.3) is 0 Å². The summed E-state index contributed by atoms with van der Waals surface area (Å²) in [5, 5.41) is 2.57. The highest BCUT2D eigenvalue weighted by Crippen LogP contribution is 2.43. The Balaban J connectivity index is 2.24. The highest BCUT2D eigenvalue weighted by atomic mass is 31.2. The topological polar surface area (TPSA) is 18.5 Å². The molecule has 0 amide bonds. The van der Waals surface area contributed by atoms with Gasteiger partial charge in [-0.3, -0.25) is 0 Å². The molecule has 0 aliphatic carbocycles. The third-order valence-electron chi connectivity index (χ3n) is 2.73. The molecule has 2 aromatic carbocycles. The largest absolute Gasteiger partial charge is 0.334 e. The molecule has 0 radical (unpaired) electrons. The van der Waals surface area contributed by atoms with Crippen LogP contribution in [0, 0.1) is 0 Å². The smallest absolute Gasteiger partial charge is 0.175 e. The first-order valence-electron chi connectivity index (χ1n) is 6.35. The Kier molecular flexibility index (Phi) is 5.12. The van der Waals surface area contributed by atoms with Crippen LogP contribution in [-0.2, 0) is 15.2 Å². The van der Waals surface area contributed by atoms with E-state index in [1.165, 1.54) is 16.3 Å². The highest BCUT2D eigenvalue weighted by Gasteiger charge is 2.12. The van der Waals surface area contributed by atoms with Crippen molar-refractivity contribution in [2.75, 3.05) is 13.2 Å². The van der Waals surface area contributed by atoms with Gasteiger partial charge in [-0.1, -0.05) is 42.5 Å². The van der Waals surface area contributed by atoms with E-state index in [0.717, 1.165) is 6.16 Å². The zero-order valence-electron chi connectivity index (χ0n) is 10.9. The van der Waals surface area contributed by atoms with Gasteiger partial charge in [-0.2, -0.15) is 0 Å². The summed E-state index contributed by atoms with van der Waals surface area (Å²) < 4.78 is 11.4. The maximum Gasteiger partial charge on any atom is 0.175 e. The van der Waals surface area contributed by atoms with Crippen LogP contribution in [0.1, 0.15) is 19.4 Å². The number of hydrogen-bond donors (Lipinski definition) is 0. The molecule has 3 heteroatoms. The van der Waals surface area contributed by atoms with E-state index in [2.05, 4.69) is 42.5 Å². The lowest BCUT2D eigenvalue weighted by molar-refractivity contribution is 0.268. The van der Waals surface area contributed by atoms with Crippen molar-refractivity contribution in [1.82, 2.24) is 0 Å². The van der Waals surface area contributed by atoms with Crippen LogP contribution in [0.4, 0.5) is 0 Å². The van der Waals surface area contributed by atoms with Crippen molar-refractivity contribution < 1.29 is 9.05 Å². The minimum atomic E-state index is -0.810. The Labute approximate surface area is 110 Å². The summed E-state index contributed by atoms with van der Waals surface area (Å²) in [6, 6.07) is 14.9. The van der Waals surface area contributed by atoms with Crippen molar-refractivity contribution in [2.45, 2.75) is 20.0 Å². The van der Waals surface area contributed by atoms with Crippen molar-refractivity contribution in [3.63, 3.8) is 0 Å². The standard InChI is InChI=1S/C15H19O2P/c1-3-16-18(17-4-2)12-14-10-7-9-13-8-5-6-11-15(13)14/h5-11H,3-4,12H2,1-2H3. The molecule has 0 aromatic heterocycles. The van der Waals surface area contributed by atoms with Gasteiger partial charge in [-0.25, -0.2) is 0 Å². The third kappa shape index (κ3) is 3.29. The van der Waals surface area contributed by atoms with Crippen molar-refractivity contribution in [3.05, 3.63) is 48.0 Å². The van der Waals surface area contributed by atoms with E-state index in [0.29, 0.717) is 13.2 Å². The van der Waals surface area contributed by atoms with Gasteiger partial charge in [-0.15, -0.1) is 0 Å². The molecule has 0 saturated carbocycles. The van der Waals surface area contributed by atoms with Crippen LogP contribution in [0.15, 0.2) is 42.5 Å². The lowest BCUT2D eigenvalue weighted by atomic mass is 10.1. The van der Waals surface area contributed by atoms with Crippen molar-refractivity contribution >= 4 is 19.1 Å². The molecule has 0 aliphatic heterocycles. The Hall–Kier alpha value is -0.950. The molecule has 0 fully saturated rings. The summed E-state index contributed by atoms with van der Waals surface area (Å²) in [6.45, 7) is 5.43. The molecule has 0 saturated heterocycles. The molecular formula is C15H19O2P. The molecule has 0 heterocycles. The Morgan fingerprint density at radius 2 is 1.56 bits per heavy atom. The van der Waals surface area contributed by atoms with Crippen LogP contribution in [0.25, 0.3) is 10.8 Å². The van der Waals surface area contributed by atoms with Gasteiger partial charge in [0.05, 0.1) is 13.2 Å². The minimum Gasteiger partial charge on any atom is -0.334 e. The molecule has 0 unspecified atom stereocenters. The average molecular weight is 262 g/mol.